The largest absolute Gasteiger partial charge is 0.309 e. The molecule has 108 valence electrons. The highest BCUT2D eigenvalue weighted by Gasteiger charge is 2.12. The molecule has 0 aliphatic carbocycles. The Labute approximate surface area is 130 Å². The number of para-hydroxylation sites is 2. The summed E-state index contributed by atoms with van der Waals surface area (Å²) in [7, 11) is 0. The van der Waals surface area contributed by atoms with Gasteiger partial charge in [0.25, 0.3) is 0 Å². The van der Waals surface area contributed by atoms with E-state index in [4.69, 9.17) is 0 Å². The van der Waals surface area contributed by atoms with Crippen LogP contribution in [0.3, 0.4) is 0 Å². The van der Waals surface area contributed by atoms with Gasteiger partial charge in [-0.2, -0.15) is 0 Å². The van der Waals surface area contributed by atoms with Gasteiger partial charge in [0, 0.05) is 16.5 Å². The van der Waals surface area contributed by atoms with E-state index in [2.05, 4.69) is 91.2 Å². The minimum atomic E-state index is 0.545. The first-order valence-corrected chi connectivity index (χ1v) is 7.84. The summed E-state index contributed by atoms with van der Waals surface area (Å²) in [5.74, 6) is 0.545. The lowest BCUT2D eigenvalue weighted by atomic mass is 10.0. The lowest BCUT2D eigenvalue weighted by molar-refractivity contribution is 0.868. The molecule has 1 aromatic heterocycles. The number of hydrogen-bond acceptors (Lipinski definition) is 0. The van der Waals surface area contributed by atoms with Crippen molar-refractivity contribution < 1.29 is 0 Å². The van der Waals surface area contributed by atoms with Gasteiger partial charge in [-0.05, 0) is 41.8 Å². The molecule has 0 spiro atoms. The Balaban J connectivity index is 2.14. The Bertz CT molecular complexity index is 946. The Hall–Kier alpha value is -2.54. The maximum absolute atomic E-state index is 2.36. The third-order valence-electron chi connectivity index (χ3n) is 4.38. The molecule has 4 aromatic rings. The molecule has 0 saturated heterocycles. The molecule has 0 atom stereocenters. The molecule has 1 heteroatoms. The quantitative estimate of drug-likeness (QED) is 0.431. The predicted molar refractivity (Wildman–Crippen MR) is 94.9 cm³/mol. The van der Waals surface area contributed by atoms with E-state index in [0.717, 1.165) is 0 Å². The number of nitrogens with zero attached hydrogens (tertiary/aromatic N) is 1. The van der Waals surface area contributed by atoms with Gasteiger partial charge in [-0.15, -0.1) is 0 Å². The van der Waals surface area contributed by atoms with E-state index >= 15 is 0 Å². The standard InChI is InChI=1S/C21H19N/c1-15(2)16-12-13-21-19(14-16)18-10-6-7-11-20(18)22(21)17-8-4-3-5-9-17/h3-15H,1-2H3. The fourth-order valence-corrected chi connectivity index (χ4v) is 3.20. The molecule has 4 rings (SSSR count). The first kappa shape index (κ1) is 13.1. The maximum Gasteiger partial charge on any atom is 0.0541 e. The molecule has 0 amide bonds. The number of rotatable bonds is 2. The van der Waals surface area contributed by atoms with Crippen molar-refractivity contribution in [2.24, 2.45) is 0 Å². The van der Waals surface area contributed by atoms with E-state index in [-0.39, 0.29) is 0 Å². The highest BCUT2D eigenvalue weighted by molar-refractivity contribution is 6.09. The van der Waals surface area contributed by atoms with Crippen LogP contribution in [0.25, 0.3) is 27.5 Å². The SMILES string of the molecule is CC(C)c1ccc2c(c1)c1ccccc1n2-c1ccccc1. The second kappa shape index (κ2) is 5.03. The fraction of sp³-hybridized carbons (Fsp3) is 0.143. The van der Waals surface area contributed by atoms with E-state index in [1.54, 1.807) is 0 Å². The van der Waals surface area contributed by atoms with Crippen molar-refractivity contribution in [1.29, 1.82) is 0 Å². The van der Waals surface area contributed by atoms with Crippen LogP contribution < -0.4 is 0 Å². The average Bonchev–Trinajstić information content (AvgIpc) is 2.89. The molecule has 0 unspecified atom stereocenters. The molecule has 1 heterocycles. The van der Waals surface area contributed by atoms with Crippen LogP contribution in [0, 0.1) is 0 Å². The van der Waals surface area contributed by atoms with Crippen LogP contribution in [0.15, 0.2) is 72.8 Å². The molecule has 0 fully saturated rings. The molecule has 3 aromatic carbocycles. The first-order chi connectivity index (χ1) is 10.8. The Kier molecular flexibility index (Phi) is 3.00. The molecular weight excluding hydrogens is 266 g/mol. The van der Waals surface area contributed by atoms with Crippen LogP contribution >= 0.6 is 0 Å². The van der Waals surface area contributed by atoms with Crippen LogP contribution in [-0.2, 0) is 0 Å². The van der Waals surface area contributed by atoms with Crippen LogP contribution in [0.4, 0.5) is 0 Å². The smallest absolute Gasteiger partial charge is 0.0541 e. The monoisotopic (exact) mass is 285 g/mol. The molecule has 0 radical (unpaired) electrons. The molecule has 0 aliphatic heterocycles. The summed E-state index contributed by atoms with van der Waals surface area (Å²) in [5, 5.41) is 2.66. The minimum Gasteiger partial charge on any atom is -0.309 e. The normalized spacial score (nSPS) is 11.6. The van der Waals surface area contributed by atoms with E-state index in [9.17, 15) is 0 Å². The van der Waals surface area contributed by atoms with Crippen molar-refractivity contribution in [3.8, 4) is 5.69 Å². The molecular formula is C21H19N. The molecule has 0 saturated carbocycles. The fourth-order valence-electron chi connectivity index (χ4n) is 3.20. The summed E-state index contributed by atoms with van der Waals surface area (Å²) >= 11 is 0. The maximum atomic E-state index is 2.36. The third-order valence-corrected chi connectivity index (χ3v) is 4.38. The number of benzene rings is 3. The molecule has 0 bridgehead atoms. The summed E-state index contributed by atoms with van der Waals surface area (Å²) in [4.78, 5) is 0. The molecule has 0 aliphatic rings. The summed E-state index contributed by atoms with van der Waals surface area (Å²) < 4.78 is 2.36. The van der Waals surface area contributed by atoms with Gasteiger partial charge < -0.3 is 4.57 Å². The zero-order valence-corrected chi connectivity index (χ0v) is 13.0. The van der Waals surface area contributed by atoms with E-state index in [1.807, 2.05) is 0 Å². The van der Waals surface area contributed by atoms with Gasteiger partial charge in [-0.3, -0.25) is 0 Å². The zero-order chi connectivity index (χ0) is 15.1. The van der Waals surface area contributed by atoms with E-state index in [0.29, 0.717) is 5.92 Å². The summed E-state index contributed by atoms with van der Waals surface area (Å²) in [5.41, 5.74) is 5.15. The highest BCUT2D eigenvalue weighted by atomic mass is 15.0. The lowest BCUT2D eigenvalue weighted by Gasteiger charge is -2.08. The van der Waals surface area contributed by atoms with Crippen LogP contribution in [0.1, 0.15) is 25.3 Å². The summed E-state index contributed by atoms with van der Waals surface area (Å²) in [6, 6.07) is 26.1. The summed E-state index contributed by atoms with van der Waals surface area (Å²) in [6.45, 7) is 4.50. The van der Waals surface area contributed by atoms with Crippen molar-refractivity contribution in [2.45, 2.75) is 19.8 Å². The average molecular weight is 285 g/mol. The van der Waals surface area contributed by atoms with Gasteiger partial charge in [0.15, 0.2) is 0 Å². The van der Waals surface area contributed by atoms with Crippen molar-refractivity contribution >= 4 is 21.8 Å². The molecule has 0 N–H and O–H groups in total. The van der Waals surface area contributed by atoms with Gasteiger partial charge in [-0.25, -0.2) is 0 Å². The van der Waals surface area contributed by atoms with Crippen LogP contribution in [0.5, 0.6) is 0 Å². The van der Waals surface area contributed by atoms with Gasteiger partial charge in [0.05, 0.1) is 11.0 Å². The van der Waals surface area contributed by atoms with Crippen LogP contribution in [0.2, 0.25) is 0 Å². The van der Waals surface area contributed by atoms with Gasteiger partial charge in [0.1, 0.15) is 0 Å². The second-order valence-corrected chi connectivity index (χ2v) is 6.12. The first-order valence-electron chi connectivity index (χ1n) is 7.84. The topological polar surface area (TPSA) is 4.93 Å². The molecule has 1 nitrogen and oxygen atoms in total. The molecule has 22 heavy (non-hydrogen) atoms. The predicted octanol–water partition coefficient (Wildman–Crippen LogP) is 5.91. The van der Waals surface area contributed by atoms with Crippen molar-refractivity contribution in [3.63, 3.8) is 0 Å². The van der Waals surface area contributed by atoms with E-state index < -0.39 is 0 Å². The van der Waals surface area contributed by atoms with Gasteiger partial charge in [-0.1, -0.05) is 56.3 Å². The Morgan fingerprint density at radius 1 is 0.682 bits per heavy atom. The van der Waals surface area contributed by atoms with Crippen molar-refractivity contribution in [3.05, 3.63) is 78.4 Å². The summed E-state index contributed by atoms with van der Waals surface area (Å²) in [6.07, 6.45) is 0. The van der Waals surface area contributed by atoms with E-state index in [1.165, 1.54) is 33.1 Å². The van der Waals surface area contributed by atoms with Gasteiger partial charge >= 0.3 is 0 Å². The van der Waals surface area contributed by atoms with Crippen molar-refractivity contribution in [2.75, 3.05) is 0 Å². The Morgan fingerprint density at radius 3 is 2.14 bits per heavy atom. The highest BCUT2D eigenvalue weighted by Crippen LogP contribution is 2.33. The second-order valence-electron chi connectivity index (χ2n) is 6.12. The van der Waals surface area contributed by atoms with Gasteiger partial charge in [0.2, 0.25) is 0 Å². The zero-order valence-electron chi connectivity index (χ0n) is 13.0. The lowest BCUT2D eigenvalue weighted by Crippen LogP contribution is -1.93. The third kappa shape index (κ3) is 1.93. The van der Waals surface area contributed by atoms with Crippen molar-refractivity contribution in [1.82, 2.24) is 4.57 Å². The number of aromatic nitrogens is 1. The number of hydrogen-bond donors (Lipinski definition) is 0. The minimum absolute atomic E-state index is 0.545. The Morgan fingerprint density at radius 2 is 1.36 bits per heavy atom. The number of fused-ring (bicyclic) bond motifs is 3. The van der Waals surface area contributed by atoms with Crippen LogP contribution in [-0.4, -0.2) is 4.57 Å².